The molecule has 0 radical (unpaired) electrons. The third-order valence-corrected chi connectivity index (χ3v) is 3.73. The molecular weight excluding hydrogens is 271 g/mol. The van der Waals surface area contributed by atoms with Crippen LogP contribution in [0.25, 0.3) is 0 Å². The summed E-state index contributed by atoms with van der Waals surface area (Å²) in [6, 6.07) is 4.25. The number of carbonyl (C=O) groups excluding carboxylic acids is 1. The minimum Gasteiger partial charge on any atom is -0.338 e. The Bertz CT molecular complexity index is 442. The van der Waals surface area contributed by atoms with E-state index in [1.165, 1.54) is 18.2 Å². The Labute approximate surface area is 116 Å². The first kappa shape index (κ1) is 14.2. The Hall–Kier alpha value is -1.17. The van der Waals surface area contributed by atoms with Crippen LogP contribution < -0.4 is 5.90 Å². The first-order valence-corrected chi connectivity index (χ1v) is 6.56. The molecule has 0 aliphatic carbocycles. The molecule has 0 saturated carbocycles. The highest BCUT2D eigenvalue weighted by molar-refractivity contribution is 6.33. The molecule has 6 heteroatoms. The Morgan fingerprint density at radius 1 is 1.47 bits per heavy atom. The molecular formula is C13H16ClFN2O2. The number of benzene rings is 1. The molecule has 19 heavy (non-hydrogen) atoms. The van der Waals surface area contributed by atoms with E-state index in [1.807, 2.05) is 0 Å². The Morgan fingerprint density at radius 3 is 2.74 bits per heavy atom. The molecule has 2 rings (SSSR count). The van der Waals surface area contributed by atoms with Gasteiger partial charge in [0.05, 0.1) is 17.2 Å². The van der Waals surface area contributed by atoms with Crippen LogP contribution in [0.1, 0.15) is 23.2 Å². The number of likely N-dealkylation sites (tertiary alicyclic amines) is 1. The third-order valence-electron chi connectivity index (χ3n) is 3.41. The number of carbonyl (C=O) groups is 1. The van der Waals surface area contributed by atoms with Gasteiger partial charge in [-0.25, -0.2) is 10.3 Å². The molecule has 0 bridgehead atoms. The topological polar surface area (TPSA) is 55.6 Å². The molecule has 1 aliphatic rings. The van der Waals surface area contributed by atoms with E-state index in [2.05, 4.69) is 4.84 Å². The maximum atomic E-state index is 13.7. The van der Waals surface area contributed by atoms with Gasteiger partial charge in [-0.15, -0.1) is 0 Å². The minimum atomic E-state index is -0.579. The fourth-order valence-corrected chi connectivity index (χ4v) is 2.54. The highest BCUT2D eigenvalue weighted by Crippen LogP contribution is 2.24. The van der Waals surface area contributed by atoms with Crippen molar-refractivity contribution in [3.63, 3.8) is 0 Å². The maximum absolute atomic E-state index is 13.7. The highest BCUT2D eigenvalue weighted by atomic mass is 35.5. The lowest BCUT2D eigenvalue weighted by atomic mass is 9.97. The number of rotatable bonds is 3. The van der Waals surface area contributed by atoms with Crippen LogP contribution in [0.5, 0.6) is 0 Å². The number of halogens is 2. The second-order valence-corrected chi connectivity index (χ2v) is 5.07. The largest absolute Gasteiger partial charge is 0.338 e. The molecule has 1 fully saturated rings. The smallest absolute Gasteiger partial charge is 0.258 e. The normalized spacial score (nSPS) is 16.7. The standard InChI is InChI=1S/C13H16ClFN2O2/c14-10-2-1-3-11(15)12(10)13(18)17-6-4-9(5-7-17)8-19-16/h1-3,9H,4-8,16H2. The van der Waals surface area contributed by atoms with Crippen LogP contribution in [0.3, 0.4) is 0 Å². The number of nitrogens with zero attached hydrogens (tertiary/aromatic N) is 1. The number of amides is 1. The van der Waals surface area contributed by atoms with E-state index < -0.39 is 5.82 Å². The second kappa shape index (κ2) is 6.32. The number of piperidine rings is 1. The quantitative estimate of drug-likeness (QED) is 0.867. The van der Waals surface area contributed by atoms with Gasteiger partial charge in [0.2, 0.25) is 0 Å². The van der Waals surface area contributed by atoms with E-state index in [1.54, 1.807) is 4.90 Å². The van der Waals surface area contributed by atoms with Gasteiger partial charge in [0, 0.05) is 13.1 Å². The molecule has 1 aromatic rings. The summed E-state index contributed by atoms with van der Waals surface area (Å²) in [5, 5.41) is 0.150. The molecule has 0 atom stereocenters. The van der Waals surface area contributed by atoms with E-state index in [9.17, 15) is 9.18 Å². The first-order valence-electron chi connectivity index (χ1n) is 6.18. The molecule has 1 saturated heterocycles. The summed E-state index contributed by atoms with van der Waals surface area (Å²) < 4.78 is 13.7. The fraction of sp³-hybridized carbons (Fsp3) is 0.462. The molecule has 1 aromatic carbocycles. The van der Waals surface area contributed by atoms with Gasteiger partial charge in [-0.2, -0.15) is 0 Å². The summed E-state index contributed by atoms with van der Waals surface area (Å²) in [5.41, 5.74) is -0.0438. The van der Waals surface area contributed by atoms with Crippen molar-refractivity contribution in [3.05, 3.63) is 34.6 Å². The van der Waals surface area contributed by atoms with Crippen LogP contribution in [0, 0.1) is 11.7 Å². The summed E-state index contributed by atoms with van der Waals surface area (Å²) in [4.78, 5) is 18.5. The zero-order chi connectivity index (χ0) is 13.8. The lowest BCUT2D eigenvalue weighted by Gasteiger charge is -2.31. The maximum Gasteiger partial charge on any atom is 0.258 e. The molecule has 0 spiro atoms. The van der Waals surface area contributed by atoms with Crippen molar-refractivity contribution in [2.45, 2.75) is 12.8 Å². The average Bonchev–Trinajstić information content (AvgIpc) is 2.39. The number of nitrogens with two attached hydrogens (primary N) is 1. The van der Waals surface area contributed by atoms with E-state index in [0.717, 1.165) is 12.8 Å². The molecule has 0 unspecified atom stereocenters. The Balaban J connectivity index is 2.05. The van der Waals surface area contributed by atoms with Crippen LogP contribution >= 0.6 is 11.6 Å². The van der Waals surface area contributed by atoms with Crippen molar-refractivity contribution in [3.8, 4) is 0 Å². The van der Waals surface area contributed by atoms with Crippen molar-refractivity contribution >= 4 is 17.5 Å². The van der Waals surface area contributed by atoms with Gasteiger partial charge in [-0.3, -0.25) is 4.79 Å². The van der Waals surface area contributed by atoms with Gasteiger partial charge >= 0.3 is 0 Å². The summed E-state index contributed by atoms with van der Waals surface area (Å²) in [7, 11) is 0. The number of hydrogen-bond donors (Lipinski definition) is 1. The predicted molar refractivity (Wildman–Crippen MR) is 70.2 cm³/mol. The zero-order valence-corrected chi connectivity index (χ0v) is 11.2. The van der Waals surface area contributed by atoms with Gasteiger partial charge in [-0.1, -0.05) is 17.7 Å². The van der Waals surface area contributed by atoms with Crippen molar-refractivity contribution in [2.24, 2.45) is 11.8 Å². The monoisotopic (exact) mass is 286 g/mol. The molecule has 1 aliphatic heterocycles. The molecule has 1 heterocycles. The van der Waals surface area contributed by atoms with Crippen LogP contribution in [-0.2, 0) is 4.84 Å². The van der Waals surface area contributed by atoms with Gasteiger partial charge in [-0.05, 0) is 30.9 Å². The third kappa shape index (κ3) is 3.23. The molecule has 104 valence electrons. The highest BCUT2D eigenvalue weighted by Gasteiger charge is 2.26. The van der Waals surface area contributed by atoms with Gasteiger partial charge < -0.3 is 9.74 Å². The van der Waals surface area contributed by atoms with E-state index in [4.69, 9.17) is 17.5 Å². The summed E-state index contributed by atoms with van der Waals surface area (Å²) in [6.07, 6.45) is 1.60. The van der Waals surface area contributed by atoms with Gasteiger partial charge in [0.1, 0.15) is 5.82 Å². The van der Waals surface area contributed by atoms with E-state index in [-0.39, 0.29) is 16.5 Å². The van der Waals surface area contributed by atoms with Crippen LogP contribution in [-0.4, -0.2) is 30.5 Å². The van der Waals surface area contributed by atoms with E-state index in [0.29, 0.717) is 25.6 Å². The summed E-state index contributed by atoms with van der Waals surface area (Å²) in [5.74, 6) is 4.46. The summed E-state index contributed by atoms with van der Waals surface area (Å²) in [6.45, 7) is 1.62. The second-order valence-electron chi connectivity index (χ2n) is 4.67. The van der Waals surface area contributed by atoms with Crippen molar-refractivity contribution in [1.29, 1.82) is 0 Å². The van der Waals surface area contributed by atoms with Crippen LogP contribution in [0.15, 0.2) is 18.2 Å². The van der Waals surface area contributed by atoms with Crippen molar-refractivity contribution < 1.29 is 14.0 Å². The summed E-state index contributed by atoms with van der Waals surface area (Å²) >= 11 is 5.90. The lowest BCUT2D eigenvalue weighted by molar-refractivity contribution is 0.0522. The van der Waals surface area contributed by atoms with Crippen LogP contribution in [0.4, 0.5) is 4.39 Å². The molecule has 2 N–H and O–H groups in total. The van der Waals surface area contributed by atoms with Gasteiger partial charge in [0.25, 0.3) is 5.91 Å². The molecule has 1 amide bonds. The fourth-order valence-electron chi connectivity index (χ4n) is 2.30. The average molecular weight is 287 g/mol. The Morgan fingerprint density at radius 2 is 2.16 bits per heavy atom. The lowest BCUT2D eigenvalue weighted by Crippen LogP contribution is -2.40. The minimum absolute atomic E-state index is 0.0438. The number of hydrogen-bond acceptors (Lipinski definition) is 3. The van der Waals surface area contributed by atoms with Crippen molar-refractivity contribution in [1.82, 2.24) is 4.90 Å². The SMILES string of the molecule is NOCC1CCN(C(=O)c2c(F)cccc2Cl)CC1. The Kier molecular flexibility index (Phi) is 4.74. The predicted octanol–water partition coefficient (Wildman–Crippen LogP) is 2.22. The first-order chi connectivity index (χ1) is 9.13. The van der Waals surface area contributed by atoms with Crippen molar-refractivity contribution in [2.75, 3.05) is 19.7 Å². The van der Waals surface area contributed by atoms with Crippen LogP contribution in [0.2, 0.25) is 5.02 Å². The van der Waals surface area contributed by atoms with Gasteiger partial charge in [0.15, 0.2) is 0 Å². The zero-order valence-electron chi connectivity index (χ0n) is 10.4. The molecule has 4 nitrogen and oxygen atoms in total. The van der Waals surface area contributed by atoms with E-state index >= 15 is 0 Å². The molecule has 0 aromatic heterocycles.